The van der Waals surface area contributed by atoms with Crippen LogP contribution in [0.25, 0.3) is 0 Å². The molecule has 4 nitrogen and oxygen atoms in total. The van der Waals surface area contributed by atoms with Crippen LogP contribution in [-0.2, 0) is 9.53 Å². The molecule has 0 bridgehead atoms. The van der Waals surface area contributed by atoms with E-state index < -0.39 is 0 Å². The van der Waals surface area contributed by atoms with Crippen molar-refractivity contribution < 1.29 is 14.3 Å². The highest BCUT2D eigenvalue weighted by molar-refractivity contribution is 5.80. The number of benzene rings is 1. The summed E-state index contributed by atoms with van der Waals surface area (Å²) in [5, 5.41) is 3.31. The first kappa shape index (κ1) is 13.7. The average Bonchev–Trinajstić information content (AvgIpc) is 3.17. The lowest BCUT2D eigenvalue weighted by Gasteiger charge is -2.18. The number of hydrogen-bond acceptors (Lipinski definition) is 4. The number of para-hydroxylation sites is 2. The van der Waals surface area contributed by atoms with Crippen molar-refractivity contribution in [2.24, 2.45) is 5.41 Å². The van der Waals surface area contributed by atoms with E-state index in [0.717, 1.165) is 24.3 Å². The van der Waals surface area contributed by atoms with E-state index in [9.17, 15) is 4.79 Å². The minimum absolute atomic E-state index is 0.123. The van der Waals surface area contributed by atoms with Crippen molar-refractivity contribution in [2.45, 2.75) is 32.8 Å². The molecule has 1 aliphatic carbocycles. The van der Waals surface area contributed by atoms with Crippen molar-refractivity contribution in [3.63, 3.8) is 0 Å². The van der Waals surface area contributed by atoms with E-state index in [1.165, 1.54) is 7.11 Å². The Balaban J connectivity index is 2.02. The smallest absolute Gasteiger partial charge is 0.313 e. The average molecular weight is 263 g/mol. The number of nitrogens with one attached hydrogen (secondary N) is 1. The summed E-state index contributed by atoms with van der Waals surface area (Å²) in [6.07, 6.45) is 1.90. The van der Waals surface area contributed by atoms with Gasteiger partial charge in [-0.05, 0) is 38.8 Å². The summed E-state index contributed by atoms with van der Waals surface area (Å²) in [7, 11) is 1.44. The molecule has 0 amide bonds. The fourth-order valence-electron chi connectivity index (χ4n) is 2.05. The number of anilines is 1. The Bertz CT molecular complexity index is 452. The molecule has 1 N–H and O–H groups in total. The molecule has 2 rings (SSSR count). The number of esters is 1. The number of hydrogen-bond donors (Lipinski definition) is 1. The van der Waals surface area contributed by atoms with Gasteiger partial charge >= 0.3 is 5.97 Å². The molecule has 1 aliphatic rings. The summed E-state index contributed by atoms with van der Waals surface area (Å²) in [5.41, 5.74) is 0.589. The zero-order valence-corrected chi connectivity index (χ0v) is 11.7. The van der Waals surface area contributed by atoms with E-state index >= 15 is 0 Å². The third-order valence-corrected chi connectivity index (χ3v) is 3.34. The van der Waals surface area contributed by atoms with Gasteiger partial charge < -0.3 is 14.8 Å². The summed E-state index contributed by atoms with van der Waals surface area (Å²) in [5.74, 6) is 0.695. The van der Waals surface area contributed by atoms with E-state index in [1.54, 1.807) is 0 Å². The van der Waals surface area contributed by atoms with Crippen LogP contribution in [0.4, 0.5) is 5.69 Å². The maximum atomic E-state index is 11.7. The molecule has 0 aromatic heterocycles. The first-order chi connectivity index (χ1) is 9.07. The van der Waals surface area contributed by atoms with Gasteiger partial charge in [0.05, 0.1) is 24.3 Å². The predicted octanol–water partition coefficient (Wildman–Crippen LogP) is 2.84. The van der Waals surface area contributed by atoms with E-state index in [0.29, 0.717) is 6.54 Å². The topological polar surface area (TPSA) is 47.6 Å². The molecular formula is C15H21NO3. The summed E-state index contributed by atoms with van der Waals surface area (Å²) in [6.45, 7) is 4.58. The van der Waals surface area contributed by atoms with Crippen molar-refractivity contribution >= 4 is 11.7 Å². The molecular weight excluding hydrogens is 242 g/mol. The normalized spacial score (nSPS) is 16.0. The molecule has 0 aliphatic heterocycles. The molecule has 104 valence electrons. The maximum Gasteiger partial charge on any atom is 0.313 e. The first-order valence-electron chi connectivity index (χ1n) is 6.65. The molecule has 19 heavy (non-hydrogen) atoms. The Morgan fingerprint density at radius 1 is 1.37 bits per heavy atom. The van der Waals surface area contributed by atoms with Crippen LogP contribution in [0.1, 0.15) is 26.7 Å². The second-order valence-corrected chi connectivity index (χ2v) is 5.29. The maximum absolute atomic E-state index is 11.7. The van der Waals surface area contributed by atoms with Crippen LogP contribution in [0, 0.1) is 5.41 Å². The summed E-state index contributed by atoms with van der Waals surface area (Å²) in [6, 6.07) is 7.79. The van der Waals surface area contributed by atoms with Gasteiger partial charge in [-0.25, -0.2) is 0 Å². The monoisotopic (exact) mass is 263 g/mol. The van der Waals surface area contributed by atoms with Crippen molar-refractivity contribution in [3.8, 4) is 5.75 Å². The molecule has 0 heterocycles. The van der Waals surface area contributed by atoms with Gasteiger partial charge in [-0.15, -0.1) is 0 Å². The summed E-state index contributed by atoms with van der Waals surface area (Å²) in [4.78, 5) is 11.7. The lowest BCUT2D eigenvalue weighted by molar-refractivity contribution is -0.146. The van der Waals surface area contributed by atoms with Gasteiger partial charge in [-0.1, -0.05) is 12.1 Å². The third kappa shape index (κ3) is 3.19. The van der Waals surface area contributed by atoms with E-state index in [1.807, 2.05) is 38.1 Å². The molecule has 1 aromatic carbocycles. The van der Waals surface area contributed by atoms with Crippen molar-refractivity contribution in [1.29, 1.82) is 0 Å². The van der Waals surface area contributed by atoms with Crippen molar-refractivity contribution in [3.05, 3.63) is 24.3 Å². The Morgan fingerprint density at radius 2 is 2.05 bits per heavy atom. The molecule has 1 saturated carbocycles. The van der Waals surface area contributed by atoms with Gasteiger partial charge in [-0.2, -0.15) is 0 Å². The molecule has 1 fully saturated rings. The molecule has 0 atom stereocenters. The van der Waals surface area contributed by atoms with E-state index in [2.05, 4.69) is 5.32 Å². The number of carbonyl (C=O) groups excluding carboxylic acids is 1. The molecule has 0 unspecified atom stereocenters. The summed E-state index contributed by atoms with van der Waals surface area (Å²) < 4.78 is 10.6. The number of rotatable bonds is 6. The SMILES string of the molecule is COC(=O)C1(CNc2ccccc2OC(C)C)CC1. The Morgan fingerprint density at radius 3 is 2.63 bits per heavy atom. The fraction of sp³-hybridized carbons (Fsp3) is 0.533. The lowest BCUT2D eigenvalue weighted by atomic mass is 10.1. The van der Waals surface area contributed by atoms with Gasteiger partial charge in [0.1, 0.15) is 5.75 Å². The Hall–Kier alpha value is -1.71. The van der Waals surface area contributed by atoms with Crippen LogP contribution in [-0.4, -0.2) is 25.7 Å². The second-order valence-electron chi connectivity index (χ2n) is 5.29. The van der Waals surface area contributed by atoms with Crippen molar-refractivity contribution in [1.82, 2.24) is 0 Å². The second kappa shape index (κ2) is 5.51. The van der Waals surface area contributed by atoms with Crippen LogP contribution in [0.3, 0.4) is 0 Å². The number of methoxy groups -OCH3 is 1. The molecule has 0 radical (unpaired) electrons. The quantitative estimate of drug-likeness (QED) is 0.802. The molecule has 4 heteroatoms. The number of ether oxygens (including phenoxy) is 2. The molecule has 0 spiro atoms. The fourth-order valence-corrected chi connectivity index (χ4v) is 2.05. The predicted molar refractivity (Wildman–Crippen MR) is 74.4 cm³/mol. The van der Waals surface area contributed by atoms with Gasteiger partial charge in [0.25, 0.3) is 0 Å². The largest absolute Gasteiger partial charge is 0.489 e. The molecule has 1 aromatic rings. The summed E-state index contributed by atoms with van der Waals surface area (Å²) >= 11 is 0. The zero-order chi connectivity index (χ0) is 13.9. The van der Waals surface area contributed by atoms with Crippen LogP contribution in [0.5, 0.6) is 5.75 Å². The van der Waals surface area contributed by atoms with Crippen LogP contribution >= 0.6 is 0 Å². The highest BCUT2D eigenvalue weighted by atomic mass is 16.5. The van der Waals surface area contributed by atoms with Crippen molar-refractivity contribution in [2.75, 3.05) is 19.0 Å². The number of carbonyl (C=O) groups is 1. The molecule has 0 saturated heterocycles. The van der Waals surface area contributed by atoms with E-state index in [-0.39, 0.29) is 17.5 Å². The Kier molecular flexibility index (Phi) is 3.98. The third-order valence-electron chi connectivity index (χ3n) is 3.34. The van der Waals surface area contributed by atoms with Gasteiger partial charge in [0, 0.05) is 6.54 Å². The minimum atomic E-state index is -0.334. The zero-order valence-electron chi connectivity index (χ0n) is 11.7. The lowest BCUT2D eigenvalue weighted by Crippen LogP contribution is -2.26. The first-order valence-corrected chi connectivity index (χ1v) is 6.65. The van der Waals surface area contributed by atoms with E-state index in [4.69, 9.17) is 9.47 Å². The van der Waals surface area contributed by atoms with Gasteiger partial charge in [0.2, 0.25) is 0 Å². The van der Waals surface area contributed by atoms with Crippen LogP contribution in [0.15, 0.2) is 24.3 Å². The minimum Gasteiger partial charge on any atom is -0.489 e. The van der Waals surface area contributed by atoms with Gasteiger partial charge in [0.15, 0.2) is 0 Å². The Labute approximate surface area is 114 Å². The van der Waals surface area contributed by atoms with Crippen LogP contribution < -0.4 is 10.1 Å². The van der Waals surface area contributed by atoms with Crippen LogP contribution in [0.2, 0.25) is 0 Å². The highest BCUT2D eigenvalue weighted by Gasteiger charge is 2.50. The van der Waals surface area contributed by atoms with Gasteiger partial charge in [-0.3, -0.25) is 4.79 Å². The standard InChI is InChI=1S/C15H21NO3/c1-11(2)19-13-7-5-4-6-12(13)16-10-15(8-9-15)14(17)18-3/h4-7,11,16H,8-10H2,1-3H3. The highest BCUT2D eigenvalue weighted by Crippen LogP contribution is 2.47.